The molecular formula is C24H28N4O4S. The van der Waals surface area contributed by atoms with Gasteiger partial charge in [0.15, 0.2) is 0 Å². The van der Waals surface area contributed by atoms with Crippen LogP contribution in [0.1, 0.15) is 47.9 Å². The van der Waals surface area contributed by atoms with Crippen molar-refractivity contribution >= 4 is 27.6 Å². The van der Waals surface area contributed by atoms with Crippen LogP contribution >= 0.6 is 0 Å². The van der Waals surface area contributed by atoms with E-state index in [1.54, 1.807) is 44.2 Å². The van der Waals surface area contributed by atoms with Crippen LogP contribution in [0.4, 0.5) is 11.6 Å². The van der Waals surface area contributed by atoms with Gasteiger partial charge in [-0.05, 0) is 74.9 Å². The van der Waals surface area contributed by atoms with Gasteiger partial charge in [-0.3, -0.25) is 4.79 Å². The molecule has 0 atom stereocenters. The standard InChI is InChI=1S/C24H28N4O4S/c1-4-5-6-15-32-21-11-7-19(8-12-21)23(29)27-20-9-13-22(14-10-20)33(30,31)28-24-25-17(2)16-18(3)26-24/h7-14,16H,4-6,15H2,1-3H3,(H,27,29)(H,25,26,28). The average Bonchev–Trinajstić information content (AvgIpc) is 2.76. The Kier molecular flexibility index (Phi) is 8.00. The molecule has 3 aromatic rings. The zero-order valence-corrected chi connectivity index (χ0v) is 19.8. The number of benzene rings is 2. The van der Waals surface area contributed by atoms with Gasteiger partial charge in [-0.15, -0.1) is 0 Å². The predicted molar refractivity (Wildman–Crippen MR) is 128 cm³/mol. The summed E-state index contributed by atoms with van der Waals surface area (Å²) >= 11 is 0. The molecule has 33 heavy (non-hydrogen) atoms. The summed E-state index contributed by atoms with van der Waals surface area (Å²) in [5.74, 6) is 0.435. The molecule has 0 spiro atoms. The molecule has 2 aromatic carbocycles. The van der Waals surface area contributed by atoms with E-state index in [1.807, 2.05) is 0 Å². The average molecular weight is 469 g/mol. The summed E-state index contributed by atoms with van der Waals surface area (Å²) in [5, 5.41) is 2.76. The first kappa shape index (κ1) is 24.2. The number of amides is 1. The minimum Gasteiger partial charge on any atom is -0.494 e. The highest BCUT2D eigenvalue weighted by molar-refractivity contribution is 7.92. The Morgan fingerprint density at radius 1 is 0.939 bits per heavy atom. The van der Waals surface area contributed by atoms with E-state index >= 15 is 0 Å². The number of anilines is 2. The Morgan fingerprint density at radius 3 is 2.18 bits per heavy atom. The fraction of sp³-hybridized carbons (Fsp3) is 0.292. The highest BCUT2D eigenvalue weighted by Crippen LogP contribution is 2.19. The minimum atomic E-state index is -3.86. The van der Waals surface area contributed by atoms with E-state index in [-0.39, 0.29) is 16.8 Å². The molecule has 0 bridgehead atoms. The van der Waals surface area contributed by atoms with Crippen molar-refractivity contribution in [3.8, 4) is 5.75 Å². The van der Waals surface area contributed by atoms with Gasteiger partial charge in [0.1, 0.15) is 5.75 Å². The third-order valence-corrected chi connectivity index (χ3v) is 6.11. The van der Waals surface area contributed by atoms with Gasteiger partial charge in [-0.25, -0.2) is 23.1 Å². The quantitative estimate of drug-likeness (QED) is 0.417. The second-order valence-corrected chi connectivity index (χ2v) is 9.32. The number of carbonyl (C=O) groups is 1. The minimum absolute atomic E-state index is 0.0164. The lowest BCUT2D eigenvalue weighted by Gasteiger charge is -2.10. The number of nitrogens with zero attached hydrogens (tertiary/aromatic N) is 2. The number of unbranched alkanes of at least 4 members (excludes halogenated alkanes) is 2. The Balaban J connectivity index is 1.61. The van der Waals surface area contributed by atoms with Gasteiger partial charge >= 0.3 is 0 Å². The molecule has 2 N–H and O–H groups in total. The number of carbonyl (C=O) groups excluding carboxylic acids is 1. The summed E-state index contributed by atoms with van der Waals surface area (Å²) in [6, 6.07) is 14.5. The molecule has 1 heterocycles. The number of hydrogen-bond acceptors (Lipinski definition) is 6. The van der Waals surface area contributed by atoms with Gasteiger partial charge in [0.25, 0.3) is 15.9 Å². The zero-order chi connectivity index (χ0) is 23.8. The number of ether oxygens (including phenoxy) is 1. The highest BCUT2D eigenvalue weighted by Gasteiger charge is 2.16. The Hall–Kier alpha value is -3.46. The van der Waals surface area contributed by atoms with Crippen molar-refractivity contribution in [3.05, 3.63) is 71.5 Å². The van der Waals surface area contributed by atoms with Crippen LogP contribution in [0.25, 0.3) is 0 Å². The molecule has 0 unspecified atom stereocenters. The van der Waals surface area contributed by atoms with Crippen molar-refractivity contribution in [2.75, 3.05) is 16.6 Å². The van der Waals surface area contributed by atoms with E-state index in [0.29, 0.717) is 29.2 Å². The smallest absolute Gasteiger partial charge is 0.264 e. The van der Waals surface area contributed by atoms with Crippen molar-refractivity contribution in [3.63, 3.8) is 0 Å². The first-order valence-corrected chi connectivity index (χ1v) is 12.2. The van der Waals surface area contributed by atoms with Gasteiger partial charge < -0.3 is 10.1 Å². The van der Waals surface area contributed by atoms with Crippen LogP contribution in [0, 0.1) is 13.8 Å². The van der Waals surface area contributed by atoms with Crippen LogP contribution in [0.3, 0.4) is 0 Å². The molecule has 0 saturated heterocycles. The maximum atomic E-state index is 12.6. The number of hydrogen-bond donors (Lipinski definition) is 2. The van der Waals surface area contributed by atoms with Crippen molar-refractivity contribution < 1.29 is 17.9 Å². The predicted octanol–water partition coefficient (Wildman–Crippen LogP) is 4.72. The lowest BCUT2D eigenvalue weighted by molar-refractivity contribution is 0.102. The molecule has 0 aliphatic heterocycles. The fourth-order valence-corrected chi connectivity index (χ4v) is 4.06. The molecule has 0 fully saturated rings. The van der Waals surface area contributed by atoms with Crippen LogP contribution in [0.15, 0.2) is 59.5 Å². The normalized spacial score (nSPS) is 11.1. The van der Waals surface area contributed by atoms with Crippen LogP contribution in [-0.4, -0.2) is 30.9 Å². The molecular weight excluding hydrogens is 440 g/mol. The third-order valence-electron chi connectivity index (χ3n) is 4.76. The molecule has 0 saturated carbocycles. The lowest BCUT2D eigenvalue weighted by Crippen LogP contribution is -2.16. The van der Waals surface area contributed by atoms with Gasteiger partial charge in [-0.2, -0.15) is 0 Å². The molecule has 0 radical (unpaired) electrons. The molecule has 174 valence electrons. The van der Waals surface area contributed by atoms with Crippen LogP contribution in [0.5, 0.6) is 5.75 Å². The molecule has 0 aliphatic rings. The summed E-state index contributed by atoms with van der Waals surface area (Å²) in [5.41, 5.74) is 2.27. The Labute approximate surface area is 194 Å². The molecule has 3 rings (SSSR count). The van der Waals surface area contributed by atoms with Crippen molar-refractivity contribution in [2.45, 2.75) is 44.9 Å². The maximum Gasteiger partial charge on any atom is 0.264 e. The highest BCUT2D eigenvalue weighted by atomic mass is 32.2. The molecule has 8 nitrogen and oxygen atoms in total. The third kappa shape index (κ3) is 7.01. The Morgan fingerprint density at radius 2 is 1.58 bits per heavy atom. The van der Waals surface area contributed by atoms with Crippen molar-refractivity contribution in [1.29, 1.82) is 0 Å². The van der Waals surface area contributed by atoms with Gasteiger partial charge in [0.2, 0.25) is 5.95 Å². The van der Waals surface area contributed by atoms with Gasteiger partial charge in [-0.1, -0.05) is 19.8 Å². The molecule has 0 aliphatic carbocycles. The van der Waals surface area contributed by atoms with Crippen molar-refractivity contribution in [2.24, 2.45) is 0 Å². The second-order valence-electron chi connectivity index (χ2n) is 7.64. The largest absolute Gasteiger partial charge is 0.494 e. The topological polar surface area (TPSA) is 110 Å². The fourth-order valence-electron chi connectivity index (χ4n) is 3.12. The number of aromatic nitrogens is 2. The summed E-state index contributed by atoms with van der Waals surface area (Å²) in [6.45, 7) is 6.31. The molecule has 9 heteroatoms. The first-order valence-electron chi connectivity index (χ1n) is 10.8. The Bertz CT molecular complexity index is 1170. The van der Waals surface area contributed by atoms with E-state index < -0.39 is 10.0 Å². The maximum absolute atomic E-state index is 12.6. The summed E-state index contributed by atoms with van der Waals surface area (Å²) in [7, 11) is -3.86. The van der Waals surface area contributed by atoms with Gasteiger partial charge in [0, 0.05) is 22.6 Å². The number of nitrogens with one attached hydrogen (secondary N) is 2. The summed E-state index contributed by atoms with van der Waals surface area (Å²) in [6.07, 6.45) is 3.25. The SMILES string of the molecule is CCCCCOc1ccc(C(=O)Nc2ccc(S(=O)(=O)Nc3nc(C)cc(C)n3)cc2)cc1. The van der Waals surface area contributed by atoms with E-state index in [9.17, 15) is 13.2 Å². The summed E-state index contributed by atoms with van der Waals surface area (Å²) in [4.78, 5) is 20.7. The zero-order valence-electron chi connectivity index (χ0n) is 19.0. The first-order chi connectivity index (χ1) is 15.8. The van der Waals surface area contributed by atoms with E-state index in [1.165, 1.54) is 24.3 Å². The van der Waals surface area contributed by atoms with Crippen molar-refractivity contribution in [1.82, 2.24) is 9.97 Å². The van der Waals surface area contributed by atoms with E-state index in [4.69, 9.17) is 4.74 Å². The molecule has 1 amide bonds. The molecule has 1 aromatic heterocycles. The lowest BCUT2D eigenvalue weighted by atomic mass is 10.2. The van der Waals surface area contributed by atoms with Gasteiger partial charge in [0.05, 0.1) is 11.5 Å². The summed E-state index contributed by atoms with van der Waals surface area (Å²) < 4.78 is 33.3. The number of sulfonamides is 1. The van der Waals surface area contributed by atoms with Crippen LogP contribution in [0.2, 0.25) is 0 Å². The second kappa shape index (κ2) is 10.9. The number of rotatable bonds is 10. The van der Waals surface area contributed by atoms with Crippen LogP contribution < -0.4 is 14.8 Å². The van der Waals surface area contributed by atoms with E-state index in [0.717, 1.165) is 25.0 Å². The van der Waals surface area contributed by atoms with E-state index in [2.05, 4.69) is 26.9 Å². The number of aryl methyl sites for hydroxylation is 2. The van der Waals surface area contributed by atoms with Crippen LogP contribution in [-0.2, 0) is 10.0 Å². The monoisotopic (exact) mass is 468 g/mol.